The maximum absolute atomic E-state index is 11.9. The SMILES string of the molecule is O=[N+]([O-])c1cc2c(cc1Br)[C@@H]1[C@@H]([C@@H]3[C@@H]2[C@]2(Cl)C(Cl)=C(Cl)[C@]3(Cl)C2(Cl)Cl)[C@]2(Cl)C(Cl)=C(Cl)[C@]1(Cl)C2(Cl)Cl. The second-order valence-corrected chi connectivity index (χ2v) is 16.9. The summed E-state index contributed by atoms with van der Waals surface area (Å²) >= 11 is 86.5. The Kier molecular flexibility index (Phi) is 6.04. The van der Waals surface area contributed by atoms with Crippen molar-refractivity contribution in [3.8, 4) is 0 Å². The fourth-order valence-corrected chi connectivity index (χ4v) is 13.6. The smallest absolute Gasteiger partial charge is 0.258 e. The molecule has 8 atom stereocenters. The zero-order valence-electron chi connectivity index (χ0n) is 16.6. The third kappa shape index (κ3) is 2.47. The number of hydrogen-bond acceptors (Lipinski definition) is 2. The van der Waals surface area contributed by atoms with Crippen LogP contribution in [0.3, 0.4) is 0 Å². The Hall–Kier alpha value is 2.06. The molecule has 194 valence electrons. The molecule has 0 saturated heterocycles. The quantitative estimate of drug-likeness (QED) is 0.161. The lowest BCUT2D eigenvalue weighted by Crippen LogP contribution is -2.53. The van der Waals surface area contributed by atoms with Crippen LogP contribution < -0.4 is 0 Å². The van der Waals surface area contributed by atoms with E-state index in [1.54, 1.807) is 0 Å². The van der Waals surface area contributed by atoms with Gasteiger partial charge in [0.2, 0.25) is 0 Å². The number of fused-ring (bicyclic) bond motifs is 14. The molecule has 5 aliphatic rings. The number of benzene rings is 1. The first-order valence-electron chi connectivity index (χ1n) is 9.93. The van der Waals surface area contributed by atoms with Gasteiger partial charge >= 0.3 is 0 Å². The van der Waals surface area contributed by atoms with Crippen LogP contribution in [0.2, 0.25) is 0 Å². The van der Waals surface area contributed by atoms with Crippen LogP contribution in [0.15, 0.2) is 36.7 Å². The van der Waals surface area contributed by atoms with Crippen LogP contribution in [0, 0.1) is 22.0 Å². The highest BCUT2D eigenvalue weighted by Crippen LogP contribution is 2.88. The molecule has 2 saturated carbocycles. The topological polar surface area (TPSA) is 43.1 Å². The van der Waals surface area contributed by atoms with Gasteiger partial charge in [0.25, 0.3) is 5.69 Å². The minimum atomic E-state index is -2.00. The fraction of sp³-hybridized carbons (Fsp3) is 0.500. The zero-order valence-corrected chi connectivity index (χ0v) is 27.3. The number of nitro groups is 1. The van der Waals surface area contributed by atoms with Gasteiger partial charge in [-0.3, -0.25) is 10.1 Å². The van der Waals surface area contributed by atoms with E-state index in [0.717, 1.165) is 0 Å². The molecule has 1 aromatic carbocycles. The summed E-state index contributed by atoms with van der Waals surface area (Å²) in [6.45, 7) is 0. The average Bonchev–Trinajstić information content (AvgIpc) is 3.12. The number of nitro benzene ring substituents is 1. The molecule has 0 amide bonds. The minimum Gasteiger partial charge on any atom is -0.258 e. The van der Waals surface area contributed by atoms with Crippen LogP contribution in [0.4, 0.5) is 5.69 Å². The highest BCUT2D eigenvalue weighted by atomic mass is 79.9. The van der Waals surface area contributed by atoms with Crippen molar-refractivity contribution in [2.24, 2.45) is 11.8 Å². The molecule has 5 aliphatic carbocycles. The second-order valence-electron chi connectivity index (χ2n) is 9.45. The van der Waals surface area contributed by atoms with Crippen molar-refractivity contribution in [3.05, 3.63) is 58.0 Å². The van der Waals surface area contributed by atoms with Crippen LogP contribution in [-0.2, 0) is 0 Å². The molecular weight excluding hydrogens is 792 g/mol. The number of allylic oxidation sites excluding steroid dienone is 4. The molecule has 6 rings (SSSR count). The Morgan fingerprint density at radius 2 is 1.00 bits per heavy atom. The molecule has 36 heavy (non-hydrogen) atoms. The Morgan fingerprint density at radius 1 is 0.667 bits per heavy atom. The first-order chi connectivity index (χ1) is 16.3. The first-order valence-corrected chi connectivity index (χ1v) is 15.3. The second kappa shape index (κ2) is 7.71. The first kappa shape index (κ1) is 28.2. The summed E-state index contributed by atoms with van der Waals surface area (Å²) in [6, 6.07) is 2.88. The van der Waals surface area contributed by atoms with E-state index < -0.39 is 56.8 Å². The van der Waals surface area contributed by atoms with Crippen molar-refractivity contribution in [2.45, 2.75) is 40.0 Å². The summed E-state index contributed by atoms with van der Waals surface area (Å²) in [5, 5.41) is 11.6. The van der Waals surface area contributed by atoms with Gasteiger partial charge in [0, 0.05) is 29.7 Å². The minimum absolute atomic E-state index is 0.0546. The number of halogens is 13. The molecule has 3 nitrogen and oxygen atoms in total. The molecule has 0 aliphatic heterocycles. The van der Waals surface area contributed by atoms with Gasteiger partial charge in [-0.15, -0.1) is 46.4 Å². The monoisotopic (exact) mass is 791 g/mol. The highest BCUT2D eigenvalue weighted by molar-refractivity contribution is 9.10. The fourth-order valence-electron chi connectivity index (χ4n) is 7.05. The molecule has 2 fully saturated rings. The lowest BCUT2D eigenvalue weighted by molar-refractivity contribution is -0.385. The van der Waals surface area contributed by atoms with E-state index in [9.17, 15) is 10.1 Å². The van der Waals surface area contributed by atoms with E-state index in [2.05, 4.69) is 15.9 Å². The van der Waals surface area contributed by atoms with Gasteiger partial charge in [-0.1, -0.05) is 92.8 Å². The molecule has 1 aromatic rings. The molecule has 0 radical (unpaired) electrons. The molecule has 0 unspecified atom stereocenters. The molecular formula is C20H6BrCl12NO2. The van der Waals surface area contributed by atoms with Gasteiger partial charge in [0.15, 0.2) is 8.67 Å². The summed E-state index contributed by atoms with van der Waals surface area (Å²) in [6.07, 6.45) is 0. The summed E-state index contributed by atoms with van der Waals surface area (Å²) in [5.41, 5.74) is 0.578. The number of nitrogens with zero attached hydrogens (tertiary/aromatic N) is 1. The van der Waals surface area contributed by atoms with Gasteiger partial charge in [-0.25, -0.2) is 0 Å². The van der Waals surface area contributed by atoms with E-state index in [1.807, 2.05) is 0 Å². The van der Waals surface area contributed by atoms with E-state index in [-0.39, 0.29) is 30.3 Å². The zero-order chi connectivity index (χ0) is 26.9. The van der Waals surface area contributed by atoms with Gasteiger partial charge in [-0.2, -0.15) is 0 Å². The normalized spacial score (nSPS) is 46.8. The third-order valence-electron chi connectivity index (χ3n) is 8.39. The van der Waals surface area contributed by atoms with E-state index >= 15 is 0 Å². The van der Waals surface area contributed by atoms with Crippen LogP contribution in [-0.4, -0.2) is 33.1 Å². The molecule has 16 heteroatoms. The van der Waals surface area contributed by atoms with Gasteiger partial charge in [0.1, 0.15) is 19.5 Å². The Morgan fingerprint density at radius 3 is 1.36 bits per heavy atom. The molecule has 0 heterocycles. The standard InChI is InChI=1S/C20H6BrCl12NO2/c21-5-1-3-4(2-6(5)34(35)36)8-10(18(29)14(25)12(23)16(8,27)20(18,32)33)9-7(3)15(26)11(22)13(24)17(9,28)19(15,30)31/h1-2,7-10H/t7-,8-,9+,10+,15+,16+,17+,18+/m1/s1. The third-order valence-corrected chi connectivity index (χ3v) is 17.6. The van der Waals surface area contributed by atoms with E-state index in [0.29, 0.717) is 11.1 Å². The van der Waals surface area contributed by atoms with Gasteiger partial charge in [-0.05, 0) is 33.1 Å². The maximum atomic E-state index is 11.9. The van der Waals surface area contributed by atoms with E-state index in [1.165, 1.54) is 12.1 Å². The van der Waals surface area contributed by atoms with Crippen LogP contribution in [0.5, 0.6) is 0 Å². The predicted octanol–water partition coefficient (Wildman–Crippen LogP) is 10.5. The lowest BCUT2D eigenvalue weighted by Gasteiger charge is -2.52. The average molecular weight is 798 g/mol. The summed E-state index contributed by atoms with van der Waals surface area (Å²) in [4.78, 5) is 4.15. The molecule has 4 bridgehead atoms. The Bertz CT molecular complexity index is 1400. The lowest BCUT2D eigenvalue weighted by atomic mass is 9.57. The van der Waals surface area contributed by atoms with Crippen molar-refractivity contribution in [2.75, 3.05) is 0 Å². The van der Waals surface area contributed by atoms with Crippen LogP contribution in [0.1, 0.15) is 23.0 Å². The number of hydrogen-bond donors (Lipinski definition) is 0. The van der Waals surface area contributed by atoms with Crippen molar-refractivity contribution >= 4 is 161 Å². The largest absolute Gasteiger partial charge is 0.283 e. The van der Waals surface area contributed by atoms with Crippen LogP contribution >= 0.6 is 155 Å². The van der Waals surface area contributed by atoms with Crippen molar-refractivity contribution in [3.63, 3.8) is 0 Å². The summed E-state index contributed by atoms with van der Waals surface area (Å²) in [7, 11) is 0. The van der Waals surface area contributed by atoms with Crippen molar-refractivity contribution in [1.82, 2.24) is 0 Å². The van der Waals surface area contributed by atoms with Crippen LogP contribution in [0.25, 0.3) is 0 Å². The molecule has 0 aromatic heterocycles. The maximum Gasteiger partial charge on any atom is 0.283 e. The molecule has 0 spiro atoms. The Labute approximate surface area is 272 Å². The van der Waals surface area contributed by atoms with Crippen molar-refractivity contribution in [1.29, 1.82) is 0 Å². The predicted molar refractivity (Wildman–Crippen MR) is 154 cm³/mol. The van der Waals surface area contributed by atoms with Gasteiger partial charge in [0.05, 0.1) is 29.5 Å². The summed E-state index contributed by atoms with van der Waals surface area (Å²) < 4.78 is -3.81. The number of alkyl halides is 8. The van der Waals surface area contributed by atoms with Gasteiger partial charge < -0.3 is 0 Å². The summed E-state index contributed by atoms with van der Waals surface area (Å²) in [5.74, 6) is -3.63. The Balaban J connectivity index is 1.80. The van der Waals surface area contributed by atoms with E-state index in [4.69, 9.17) is 139 Å². The highest BCUT2D eigenvalue weighted by Gasteiger charge is 2.91. The van der Waals surface area contributed by atoms with Crippen molar-refractivity contribution < 1.29 is 4.92 Å². The molecule has 0 N–H and O–H groups in total. The number of rotatable bonds is 1.